The van der Waals surface area contributed by atoms with Crippen LogP contribution in [0.2, 0.25) is 0 Å². The average Bonchev–Trinajstić information content (AvgIpc) is 3.52. The van der Waals surface area contributed by atoms with E-state index in [4.69, 9.17) is 0 Å². The summed E-state index contributed by atoms with van der Waals surface area (Å²) in [7, 11) is 0. The van der Waals surface area contributed by atoms with Crippen LogP contribution in [-0.4, -0.2) is 26.4 Å². The van der Waals surface area contributed by atoms with Gasteiger partial charge in [-0.1, -0.05) is 20.3 Å². The molecular formula is C26H32FN5. The van der Waals surface area contributed by atoms with Gasteiger partial charge in [-0.2, -0.15) is 0 Å². The van der Waals surface area contributed by atoms with Crippen molar-refractivity contribution in [3.05, 3.63) is 42.0 Å². The van der Waals surface area contributed by atoms with E-state index in [9.17, 15) is 0 Å². The number of aliphatic imine (C=N–C) groups is 1. The second kappa shape index (κ2) is 8.30. The molecule has 2 aromatic heterocycles. The molecule has 2 aliphatic rings. The number of benzene rings is 1. The van der Waals surface area contributed by atoms with Crippen LogP contribution in [0, 0.1) is 23.6 Å². The van der Waals surface area contributed by atoms with E-state index in [0.29, 0.717) is 29.5 Å². The molecule has 0 spiro atoms. The van der Waals surface area contributed by atoms with Gasteiger partial charge in [0.15, 0.2) is 0 Å². The summed E-state index contributed by atoms with van der Waals surface area (Å²) in [6.45, 7) is 8.71. The van der Waals surface area contributed by atoms with Crippen molar-refractivity contribution in [3.63, 3.8) is 0 Å². The minimum Gasteiger partial charge on any atom is -0.350 e. The van der Waals surface area contributed by atoms with Crippen LogP contribution in [0.4, 0.5) is 16.0 Å². The van der Waals surface area contributed by atoms with E-state index in [-0.39, 0.29) is 5.82 Å². The largest absolute Gasteiger partial charge is 0.350 e. The van der Waals surface area contributed by atoms with E-state index in [1.54, 1.807) is 6.07 Å². The topological polar surface area (TPSA) is 54.6 Å². The van der Waals surface area contributed by atoms with Crippen LogP contribution >= 0.6 is 0 Å². The molecule has 168 valence electrons. The first-order valence-electron chi connectivity index (χ1n) is 11.9. The molecule has 0 amide bonds. The lowest BCUT2D eigenvalue weighted by atomic mass is 9.85. The molecule has 1 aromatic carbocycles. The van der Waals surface area contributed by atoms with Crippen LogP contribution in [0.15, 0.2) is 35.6 Å². The first-order valence-corrected chi connectivity index (χ1v) is 11.9. The summed E-state index contributed by atoms with van der Waals surface area (Å²) < 4.78 is 16.9. The molecule has 1 aliphatic carbocycles. The molecule has 1 unspecified atom stereocenters. The summed E-state index contributed by atoms with van der Waals surface area (Å²) in [5, 5.41) is 8.03. The summed E-state index contributed by atoms with van der Waals surface area (Å²) in [6.07, 6.45) is 9.39. The van der Waals surface area contributed by atoms with Crippen molar-refractivity contribution in [1.29, 1.82) is 0 Å². The first kappa shape index (κ1) is 21.1. The number of nitrogens with one attached hydrogen (secondary N) is 1. The Balaban J connectivity index is 1.44. The fourth-order valence-corrected chi connectivity index (χ4v) is 4.75. The van der Waals surface area contributed by atoms with Gasteiger partial charge in [-0.05, 0) is 80.7 Å². The van der Waals surface area contributed by atoms with E-state index in [0.717, 1.165) is 53.1 Å². The lowest BCUT2D eigenvalue weighted by Gasteiger charge is -2.24. The van der Waals surface area contributed by atoms with E-state index in [1.807, 2.05) is 29.9 Å². The van der Waals surface area contributed by atoms with Gasteiger partial charge in [-0.3, -0.25) is 4.99 Å². The maximum Gasteiger partial charge on any atom is 0.241 e. The SMILES string of the molecule is CC1=Nc2c(F)cc(-c3ccn4nc(N[C@H](C)C5CC5)ncc34)cc2CC1CCC(C)C. The molecule has 5 nitrogen and oxygen atoms in total. The zero-order valence-electron chi connectivity index (χ0n) is 19.4. The highest BCUT2D eigenvalue weighted by Crippen LogP contribution is 2.38. The molecule has 1 saturated carbocycles. The highest BCUT2D eigenvalue weighted by molar-refractivity contribution is 5.90. The highest BCUT2D eigenvalue weighted by atomic mass is 19.1. The van der Waals surface area contributed by atoms with Crippen molar-refractivity contribution in [2.75, 3.05) is 5.32 Å². The Bertz CT molecular complexity index is 1170. The molecular weight excluding hydrogens is 401 g/mol. The number of aromatic nitrogens is 3. The van der Waals surface area contributed by atoms with Crippen molar-refractivity contribution in [2.24, 2.45) is 22.7 Å². The third-order valence-electron chi connectivity index (χ3n) is 6.99. The van der Waals surface area contributed by atoms with Crippen LogP contribution in [0.3, 0.4) is 0 Å². The summed E-state index contributed by atoms with van der Waals surface area (Å²) in [6, 6.07) is 6.07. The third-order valence-corrected chi connectivity index (χ3v) is 6.99. The van der Waals surface area contributed by atoms with Crippen molar-refractivity contribution in [3.8, 4) is 11.1 Å². The number of nitrogens with zero attached hydrogens (tertiary/aromatic N) is 4. The van der Waals surface area contributed by atoms with Gasteiger partial charge in [0.2, 0.25) is 5.95 Å². The molecule has 2 atom stereocenters. The van der Waals surface area contributed by atoms with Gasteiger partial charge in [0.25, 0.3) is 0 Å². The van der Waals surface area contributed by atoms with Gasteiger partial charge in [0.1, 0.15) is 11.5 Å². The van der Waals surface area contributed by atoms with Crippen LogP contribution < -0.4 is 5.32 Å². The number of fused-ring (bicyclic) bond motifs is 2. The van der Waals surface area contributed by atoms with Gasteiger partial charge < -0.3 is 5.32 Å². The number of hydrogen-bond acceptors (Lipinski definition) is 4. The lowest BCUT2D eigenvalue weighted by molar-refractivity contribution is 0.490. The Kier molecular flexibility index (Phi) is 5.48. The number of hydrogen-bond donors (Lipinski definition) is 1. The highest BCUT2D eigenvalue weighted by Gasteiger charge is 2.28. The van der Waals surface area contributed by atoms with Crippen molar-refractivity contribution < 1.29 is 4.39 Å². The monoisotopic (exact) mass is 433 g/mol. The van der Waals surface area contributed by atoms with Gasteiger partial charge >= 0.3 is 0 Å². The Hall–Kier alpha value is -2.76. The van der Waals surface area contributed by atoms with Crippen LogP contribution in [0.25, 0.3) is 16.6 Å². The maximum absolute atomic E-state index is 15.1. The molecule has 0 saturated heterocycles. The summed E-state index contributed by atoms with van der Waals surface area (Å²) >= 11 is 0. The standard InChI is InChI=1S/C26H32FN5/c1-15(2)5-6-19-11-21-12-20(13-23(27)25(21)29-17(19)4)22-9-10-32-24(22)14-28-26(31-32)30-16(3)18-7-8-18/h9-10,12-16,18-19H,5-8,11H2,1-4H3,(H,30,31)/t16-,19?/m1/s1. The second-order valence-electron chi connectivity index (χ2n) is 10.0. The third kappa shape index (κ3) is 4.15. The smallest absolute Gasteiger partial charge is 0.241 e. The molecule has 6 heteroatoms. The Labute approximate surface area is 189 Å². The van der Waals surface area contributed by atoms with Crippen molar-refractivity contribution >= 4 is 22.9 Å². The average molecular weight is 434 g/mol. The molecule has 3 heterocycles. The van der Waals surface area contributed by atoms with Crippen LogP contribution in [0.5, 0.6) is 0 Å². The fourth-order valence-electron chi connectivity index (χ4n) is 4.75. The van der Waals surface area contributed by atoms with Gasteiger partial charge in [-0.25, -0.2) is 13.9 Å². The zero-order chi connectivity index (χ0) is 22.4. The number of halogens is 1. The van der Waals surface area contributed by atoms with E-state index in [2.05, 4.69) is 47.2 Å². The van der Waals surface area contributed by atoms with Crippen molar-refractivity contribution in [1.82, 2.24) is 14.6 Å². The van der Waals surface area contributed by atoms with Crippen LogP contribution in [-0.2, 0) is 6.42 Å². The minimum atomic E-state index is -0.254. The fraction of sp³-hybridized carbons (Fsp3) is 0.500. The summed E-state index contributed by atoms with van der Waals surface area (Å²) in [5.74, 6) is 2.15. The summed E-state index contributed by atoms with van der Waals surface area (Å²) in [5.41, 5.74) is 5.23. The normalized spacial score (nSPS) is 19.2. The molecule has 5 rings (SSSR count). The predicted octanol–water partition coefficient (Wildman–Crippen LogP) is 6.45. The van der Waals surface area contributed by atoms with Gasteiger partial charge in [0.05, 0.1) is 11.7 Å². The molecule has 32 heavy (non-hydrogen) atoms. The quantitative estimate of drug-likeness (QED) is 0.466. The van der Waals surface area contributed by atoms with Gasteiger partial charge in [-0.15, -0.1) is 5.10 Å². The Morgan fingerprint density at radius 3 is 2.78 bits per heavy atom. The molecule has 1 N–H and O–H groups in total. The Morgan fingerprint density at radius 1 is 1.22 bits per heavy atom. The van der Waals surface area contributed by atoms with E-state index >= 15 is 4.39 Å². The van der Waals surface area contributed by atoms with Crippen molar-refractivity contribution in [2.45, 2.75) is 65.8 Å². The first-order chi connectivity index (χ1) is 15.4. The molecule has 1 fully saturated rings. The predicted molar refractivity (Wildman–Crippen MR) is 128 cm³/mol. The molecule has 1 aliphatic heterocycles. The van der Waals surface area contributed by atoms with Crippen LogP contribution in [0.1, 0.15) is 58.9 Å². The maximum atomic E-state index is 15.1. The lowest BCUT2D eigenvalue weighted by Crippen LogP contribution is -2.19. The number of rotatable bonds is 7. The molecule has 0 bridgehead atoms. The van der Waals surface area contributed by atoms with E-state index in [1.165, 1.54) is 12.8 Å². The second-order valence-corrected chi connectivity index (χ2v) is 10.0. The van der Waals surface area contributed by atoms with E-state index < -0.39 is 0 Å². The number of anilines is 1. The van der Waals surface area contributed by atoms with Gasteiger partial charge in [0, 0.05) is 29.4 Å². The zero-order valence-corrected chi connectivity index (χ0v) is 19.4. The molecule has 3 aromatic rings. The summed E-state index contributed by atoms with van der Waals surface area (Å²) in [4.78, 5) is 9.18. The Morgan fingerprint density at radius 2 is 2.03 bits per heavy atom. The molecule has 0 radical (unpaired) electrons. The minimum absolute atomic E-state index is 0.254.